The zero-order valence-electron chi connectivity index (χ0n) is 5.03. The number of hydrogen-bond acceptors (Lipinski definition) is 1. The fraction of sp³-hybridized carbons (Fsp3) is 0.667. The number of rotatable bonds is 1. The van der Waals surface area contributed by atoms with Crippen LogP contribution in [-0.4, -0.2) is 11.5 Å². The molecule has 1 nitrogen and oxygen atoms in total. The van der Waals surface area contributed by atoms with Gasteiger partial charge in [0.15, 0.2) is 0 Å². The molecule has 0 heterocycles. The fourth-order valence-electron chi connectivity index (χ4n) is 1.06. The van der Waals surface area contributed by atoms with E-state index in [0.29, 0.717) is 0 Å². The summed E-state index contributed by atoms with van der Waals surface area (Å²) in [5, 5.41) is 0. The fourth-order valence-corrected chi connectivity index (χ4v) is 1.06. The highest BCUT2D eigenvalue weighted by Gasteiger charge is 2.52. The van der Waals surface area contributed by atoms with Gasteiger partial charge in [-0.05, 0) is 0 Å². The van der Waals surface area contributed by atoms with E-state index >= 15 is 0 Å². The van der Waals surface area contributed by atoms with Crippen molar-refractivity contribution in [2.45, 2.75) is 24.3 Å². The van der Waals surface area contributed by atoms with Crippen LogP contribution in [0, 0.1) is 0 Å². The second-order valence-corrected chi connectivity index (χ2v) is 2.65. The van der Waals surface area contributed by atoms with Gasteiger partial charge in [0.1, 0.15) is 0 Å². The molecule has 1 aliphatic rings. The third-order valence-corrected chi connectivity index (χ3v) is 1.58. The van der Waals surface area contributed by atoms with Crippen molar-refractivity contribution in [3.05, 3.63) is 12.7 Å². The van der Waals surface area contributed by atoms with E-state index in [1.165, 1.54) is 6.08 Å². The van der Waals surface area contributed by atoms with Gasteiger partial charge in [-0.15, -0.1) is 6.58 Å². The Kier molecular flexibility index (Phi) is 1.14. The average Bonchev–Trinajstić information content (AvgIpc) is 1.61. The first kappa shape index (κ1) is 6.68. The highest BCUT2D eigenvalue weighted by molar-refractivity contribution is 5.13. The maximum absolute atomic E-state index is 12.1. The second kappa shape index (κ2) is 1.53. The van der Waals surface area contributed by atoms with Crippen molar-refractivity contribution in [3.63, 3.8) is 0 Å². The van der Waals surface area contributed by atoms with Crippen LogP contribution >= 0.6 is 0 Å². The Labute approximate surface area is 52.5 Å². The predicted octanol–water partition coefficient (Wildman–Crippen LogP) is 1.30. The van der Waals surface area contributed by atoms with Crippen molar-refractivity contribution < 1.29 is 8.78 Å². The molecule has 9 heavy (non-hydrogen) atoms. The molecule has 0 unspecified atom stereocenters. The highest BCUT2D eigenvalue weighted by atomic mass is 19.3. The minimum absolute atomic E-state index is 0.247. The first-order chi connectivity index (χ1) is 3.97. The van der Waals surface area contributed by atoms with Crippen molar-refractivity contribution in [3.8, 4) is 0 Å². The zero-order valence-corrected chi connectivity index (χ0v) is 5.03. The summed E-state index contributed by atoms with van der Waals surface area (Å²) >= 11 is 0. The highest BCUT2D eigenvalue weighted by Crippen LogP contribution is 2.44. The van der Waals surface area contributed by atoms with Crippen LogP contribution in [0.5, 0.6) is 0 Å². The summed E-state index contributed by atoms with van der Waals surface area (Å²) in [6.07, 6.45) is 0.900. The Morgan fingerprint density at radius 3 is 2.00 bits per heavy atom. The molecule has 2 N–H and O–H groups in total. The van der Waals surface area contributed by atoms with Gasteiger partial charge in [-0.3, -0.25) is 0 Å². The summed E-state index contributed by atoms with van der Waals surface area (Å²) in [5.74, 6) is -2.54. The van der Waals surface area contributed by atoms with Crippen LogP contribution in [0.4, 0.5) is 8.78 Å². The molecule has 1 fully saturated rings. The van der Waals surface area contributed by atoms with Crippen LogP contribution in [0.25, 0.3) is 0 Å². The summed E-state index contributed by atoms with van der Waals surface area (Å²) in [6.45, 7) is 3.36. The smallest absolute Gasteiger partial charge is 0.252 e. The molecule has 3 heteroatoms. The minimum atomic E-state index is -2.54. The Morgan fingerprint density at radius 2 is 1.89 bits per heavy atom. The standard InChI is InChI=1S/C6H9F2N/c1-2-5(9)3-6(7,8)4-5/h2H,1,3-4,9H2. The van der Waals surface area contributed by atoms with Crippen LogP contribution in [0.3, 0.4) is 0 Å². The van der Waals surface area contributed by atoms with Crippen LogP contribution in [0.2, 0.25) is 0 Å². The molecule has 0 spiro atoms. The van der Waals surface area contributed by atoms with Crippen LogP contribution in [0.15, 0.2) is 12.7 Å². The van der Waals surface area contributed by atoms with E-state index in [9.17, 15) is 8.78 Å². The lowest BCUT2D eigenvalue weighted by Crippen LogP contribution is -2.56. The third kappa shape index (κ3) is 1.10. The molecule has 0 saturated heterocycles. The van der Waals surface area contributed by atoms with Gasteiger partial charge in [0, 0.05) is 18.4 Å². The first-order valence-electron chi connectivity index (χ1n) is 2.78. The van der Waals surface area contributed by atoms with Gasteiger partial charge in [-0.25, -0.2) is 8.78 Å². The van der Waals surface area contributed by atoms with Gasteiger partial charge in [-0.2, -0.15) is 0 Å². The van der Waals surface area contributed by atoms with Crippen LogP contribution < -0.4 is 5.73 Å². The van der Waals surface area contributed by atoms with Gasteiger partial charge in [0.25, 0.3) is 5.92 Å². The summed E-state index contributed by atoms with van der Waals surface area (Å²) in [4.78, 5) is 0. The Morgan fingerprint density at radius 1 is 1.44 bits per heavy atom. The maximum atomic E-state index is 12.1. The number of nitrogens with two attached hydrogens (primary N) is 1. The molecule has 1 rings (SSSR count). The lowest BCUT2D eigenvalue weighted by Gasteiger charge is -2.42. The number of halogens is 2. The molecule has 1 aliphatic carbocycles. The van der Waals surface area contributed by atoms with Crippen molar-refractivity contribution in [2.75, 3.05) is 0 Å². The largest absolute Gasteiger partial charge is 0.322 e. The average molecular weight is 133 g/mol. The minimum Gasteiger partial charge on any atom is -0.322 e. The molecule has 0 aromatic rings. The molecule has 1 saturated carbocycles. The van der Waals surface area contributed by atoms with E-state index < -0.39 is 11.5 Å². The van der Waals surface area contributed by atoms with Gasteiger partial charge < -0.3 is 5.73 Å². The molecular formula is C6H9F2N. The molecule has 0 aliphatic heterocycles. The summed E-state index contributed by atoms with van der Waals surface area (Å²) < 4.78 is 24.2. The molecule has 52 valence electrons. The summed E-state index contributed by atoms with van der Waals surface area (Å²) in [5.41, 5.74) is 4.59. The Hall–Kier alpha value is -0.440. The van der Waals surface area contributed by atoms with Gasteiger partial charge in [0.05, 0.1) is 0 Å². The molecule has 0 amide bonds. The van der Waals surface area contributed by atoms with Crippen LogP contribution in [0.1, 0.15) is 12.8 Å². The normalized spacial score (nSPS) is 28.8. The molecule has 0 aromatic carbocycles. The van der Waals surface area contributed by atoms with Gasteiger partial charge in [0.2, 0.25) is 0 Å². The lowest BCUT2D eigenvalue weighted by molar-refractivity contribution is -0.107. The monoisotopic (exact) mass is 133 g/mol. The topological polar surface area (TPSA) is 26.0 Å². The van der Waals surface area contributed by atoms with E-state index in [4.69, 9.17) is 5.73 Å². The van der Waals surface area contributed by atoms with Crippen LogP contribution in [-0.2, 0) is 0 Å². The van der Waals surface area contributed by atoms with Crippen molar-refractivity contribution in [2.24, 2.45) is 5.73 Å². The Balaban J connectivity index is 2.50. The zero-order chi connectivity index (χ0) is 7.12. The summed E-state index contributed by atoms with van der Waals surface area (Å²) in [6, 6.07) is 0. The quantitative estimate of drug-likeness (QED) is 0.536. The van der Waals surface area contributed by atoms with Crippen molar-refractivity contribution in [1.82, 2.24) is 0 Å². The predicted molar refractivity (Wildman–Crippen MR) is 31.3 cm³/mol. The van der Waals surface area contributed by atoms with Gasteiger partial charge >= 0.3 is 0 Å². The van der Waals surface area contributed by atoms with E-state index in [2.05, 4.69) is 6.58 Å². The van der Waals surface area contributed by atoms with E-state index in [-0.39, 0.29) is 12.8 Å². The number of alkyl halides is 2. The molecule has 0 atom stereocenters. The molecule has 0 bridgehead atoms. The molecule has 0 aromatic heterocycles. The molecule has 0 radical (unpaired) electrons. The first-order valence-corrected chi connectivity index (χ1v) is 2.78. The van der Waals surface area contributed by atoms with Crippen molar-refractivity contribution >= 4 is 0 Å². The lowest BCUT2D eigenvalue weighted by atomic mass is 9.74. The molecular weight excluding hydrogens is 124 g/mol. The third-order valence-electron chi connectivity index (χ3n) is 1.58. The van der Waals surface area contributed by atoms with Crippen molar-refractivity contribution in [1.29, 1.82) is 0 Å². The number of hydrogen-bond donors (Lipinski definition) is 1. The van der Waals surface area contributed by atoms with Gasteiger partial charge in [-0.1, -0.05) is 6.08 Å². The Bertz CT molecular complexity index is 134. The van der Waals surface area contributed by atoms with E-state index in [1.54, 1.807) is 0 Å². The summed E-state index contributed by atoms with van der Waals surface area (Å²) in [7, 11) is 0. The SMILES string of the molecule is C=CC1(N)CC(F)(F)C1. The maximum Gasteiger partial charge on any atom is 0.252 e. The van der Waals surface area contributed by atoms with E-state index in [1.807, 2.05) is 0 Å². The van der Waals surface area contributed by atoms with E-state index in [0.717, 1.165) is 0 Å². The second-order valence-electron chi connectivity index (χ2n) is 2.65.